The molecule has 0 aliphatic carbocycles. The third kappa shape index (κ3) is 2.18. The highest BCUT2D eigenvalue weighted by Crippen LogP contribution is 2.38. The normalized spacial score (nSPS) is 20.8. The Hall–Kier alpha value is -2.28. The summed E-state index contributed by atoms with van der Waals surface area (Å²) in [5.41, 5.74) is 9.09. The van der Waals surface area contributed by atoms with Crippen LogP contribution in [0.1, 0.15) is 6.42 Å². The van der Waals surface area contributed by atoms with Crippen LogP contribution in [0.2, 0.25) is 0 Å². The number of fused-ring (bicyclic) bond motifs is 1. The molecular weight excluding hydrogens is 298 g/mol. The first kappa shape index (κ1) is 13.4. The maximum atomic E-state index is 11.6. The smallest absolute Gasteiger partial charge is 0.232 e. The summed E-state index contributed by atoms with van der Waals surface area (Å²) in [5, 5.41) is 0.241. The van der Waals surface area contributed by atoms with Gasteiger partial charge in [0.05, 0.1) is 23.8 Å². The van der Waals surface area contributed by atoms with Crippen LogP contribution in [0.3, 0.4) is 0 Å². The van der Waals surface area contributed by atoms with Crippen LogP contribution >= 0.6 is 11.8 Å². The van der Waals surface area contributed by atoms with Crippen LogP contribution < -0.4 is 5.73 Å². The quantitative estimate of drug-likeness (QED) is 0.867. The van der Waals surface area contributed by atoms with Gasteiger partial charge in [0.25, 0.3) is 0 Å². The van der Waals surface area contributed by atoms with Gasteiger partial charge in [-0.25, -0.2) is 4.98 Å². The van der Waals surface area contributed by atoms with Gasteiger partial charge in [0.2, 0.25) is 5.91 Å². The number of carbonyl (C=O) groups excluding carboxylic acids is 1. The number of amides is 1. The third-order valence-corrected chi connectivity index (χ3v) is 5.22. The maximum Gasteiger partial charge on any atom is 0.232 e. The number of rotatable bonds is 3. The van der Waals surface area contributed by atoms with Gasteiger partial charge in [0.1, 0.15) is 5.82 Å². The van der Waals surface area contributed by atoms with Crippen molar-refractivity contribution in [2.45, 2.75) is 18.3 Å². The van der Waals surface area contributed by atoms with Gasteiger partial charge >= 0.3 is 0 Å². The molecule has 0 radical (unpaired) electrons. The molecule has 1 fully saturated rings. The van der Waals surface area contributed by atoms with E-state index in [1.807, 2.05) is 22.9 Å². The Labute approximate surface area is 132 Å². The summed E-state index contributed by atoms with van der Waals surface area (Å²) in [6.45, 7) is 0.655. The summed E-state index contributed by atoms with van der Waals surface area (Å²) in [6, 6.07) is 3.87. The first-order chi connectivity index (χ1) is 10.7. The summed E-state index contributed by atoms with van der Waals surface area (Å²) < 4.78 is 2.00. The summed E-state index contributed by atoms with van der Waals surface area (Å²) in [5.74, 6) is 1.60. The number of hydrogen-bond donors (Lipinski definition) is 1. The van der Waals surface area contributed by atoms with Crippen LogP contribution in [0, 0.1) is 0 Å². The zero-order valence-electron chi connectivity index (χ0n) is 11.8. The van der Waals surface area contributed by atoms with Crippen molar-refractivity contribution < 1.29 is 4.79 Å². The monoisotopic (exact) mass is 313 g/mol. The van der Waals surface area contributed by atoms with E-state index in [0.29, 0.717) is 18.8 Å². The number of hydrogen-bond acceptors (Lipinski definition) is 5. The first-order valence-corrected chi connectivity index (χ1v) is 8.10. The van der Waals surface area contributed by atoms with E-state index in [-0.39, 0.29) is 11.3 Å². The van der Waals surface area contributed by atoms with Crippen LogP contribution in [0.15, 0.2) is 48.4 Å². The SMILES string of the molecule is NC1=C(Cn2cnc(-c3cccnc3)c2)CSC2CC(=O)N12. The molecule has 112 valence electrons. The predicted molar refractivity (Wildman–Crippen MR) is 84.4 cm³/mol. The number of carbonyl (C=O) groups is 1. The molecule has 0 saturated carbocycles. The van der Waals surface area contributed by atoms with Crippen LogP contribution in [-0.2, 0) is 11.3 Å². The molecule has 0 bridgehead atoms. The predicted octanol–water partition coefficient (Wildman–Crippen LogP) is 1.42. The van der Waals surface area contributed by atoms with Gasteiger partial charge in [0, 0.05) is 36.5 Å². The van der Waals surface area contributed by atoms with Crippen molar-refractivity contribution in [3.05, 3.63) is 48.4 Å². The zero-order chi connectivity index (χ0) is 15.1. The third-order valence-electron chi connectivity index (χ3n) is 3.94. The van der Waals surface area contributed by atoms with Gasteiger partial charge in [-0.3, -0.25) is 14.7 Å². The van der Waals surface area contributed by atoms with Gasteiger partial charge in [-0.15, -0.1) is 11.8 Å². The average molecular weight is 313 g/mol. The molecule has 1 saturated heterocycles. The van der Waals surface area contributed by atoms with E-state index in [4.69, 9.17) is 5.73 Å². The first-order valence-electron chi connectivity index (χ1n) is 7.06. The Morgan fingerprint density at radius 2 is 2.36 bits per heavy atom. The molecule has 2 aliphatic rings. The van der Waals surface area contributed by atoms with Crippen molar-refractivity contribution in [2.24, 2.45) is 5.73 Å². The number of β-lactam (4-membered cyclic amide) rings is 1. The molecule has 4 rings (SSSR count). The highest BCUT2D eigenvalue weighted by Gasteiger charge is 2.41. The minimum Gasteiger partial charge on any atom is -0.385 e. The van der Waals surface area contributed by atoms with E-state index in [0.717, 1.165) is 22.6 Å². The number of thioether (sulfide) groups is 1. The van der Waals surface area contributed by atoms with Gasteiger partial charge in [-0.05, 0) is 17.7 Å². The van der Waals surface area contributed by atoms with E-state index >= 15 is 0 Å². The minimum atomic E-state index is 0.119. The van der Waals surface area contributed by atoms with Crippen molar-refractivity contribution in [1.82, 2.24) is 19.4 Å². The lowest BCUT2D eigenvalue weighted by Crippen LogP contribution is -2.54. The molecule has 2 aliphatic heterocycles. The van der Waals surface area contributed by atoms with Crippen molar-refractivity contribution in [3.63, 3.8) is 0 Å². The molecular formula is C15H15N5OS. The molecule has 2 aromatic rings. The second kappa shape index (κ2) is 5.17. The molecule has 0 aromatic carbocycles. The minimum absolute atomic E-state index is 0.119. The lowest BCUT2D eigenvalue weighted by Gasteiger charge is -2.44. The molecule has 1 unspecified atom stereocenters. The largest absolute Gasteiger partial charge is 0.385 e. The summed E-state index contributed by atoms with van der Waals surface area (Å²) >= 11 is 1.77. The highest BCUT2D eigenvalue weighted by atomic mass is 32.2. The lowest BCUT2D eigenvalue weighted by atomic mass is 10.1. The van der Waals surface area contributed by atoms with Crippen molar-refractivity contribution in [1.29, 1.82) is 0 Å². The summed E-state index contributed by atoms with van der Waals surface area (Å²) in [4.78, 5) is 21.9. The van der Waals surface area contributed by atoms with Crippen molar-refractivity contribution in [2.75, 3.05) is 5.75 Å². The average Bonchev–Trinajstić information content (AvgIpc) is 2.98. The van der Waals surface area contributed by atoms with E-state index < -0.39 is 0 Å². The molecule has 22 heavy (non-hydrogen) atoms. The van der Waals surface area contributed by atoms with Gasteiger partial charge in [0.15, 0.2) is 0 Å². The number of aromatic nitrogens is 3. The van der Waals surface area contributed by atoms with Crippen molar-refractivity contribution in [3.8, 4) is 11.3 Å². The molecule has 6 nitrogen and oxygen atoms in total. The molecule has 2 aromatic heterocycles. The second-order valence-electron chi connectivity index (χ2n) is 5.40. The molecule has 0 spiro atoms. The number of nitrogens with two attached hydrogens (primary N) is 1. The lowest BCUT2D eigenvalue weighted by molar-refractivity contribution is -0.138. The maximum absolute atomic E-state index is 11.6. The van der Waals surface area contributed by atoms with Crippen molar-refractivity contribution >= 4 is 17.7 Å². The summed E-state index contributed by atoms with van der Waals surface area (Å²) in [7, 11) is 0. The molecule has 7 heteroatoms. The fraction of sp³-hybridized carbons (Fsp3) is 0.267. The Morgan fingerprint density at radius 3 is 3.14 bits per heavy atom. The fourth-order valence-electron chi connectivity index (χ4n) is 2.71. The van der Waals surface area contributed by atoms with Gasteiger partial charge < -0.3 is 10.3 Å². The van der Waals surface area contributed by atoms with E-state index in [2.05, 4.69) is 9.97 Å². The second-order valence-corrected chi connectivity index (χ2v) is 6.56. The highest BCUT2D eigenvalue weighted by molar-refractivity contribution is 8.00. The Morgan fingerprint density at radius 1 is 1.45 bits per heavy atom. The molecule has 1 amide bonds. The van der Waals surface area contributed by atoms with Gasteiger partial charge in [-0.2, -0.15) is 0 Å². The van der Waals surface area contributed by atoms with Gasteiger partial charge in [-0.1, -0.05) is 0 Å². The zero-order valence-corrected chi connectivity index (χ0v) is 12.7. The Balaban J connectivity index is 1.56. The molecule has 4 heterocycles. The fourth-order valence-corrected chi connectivity index (χ4v) is 3.98. The van der Waals surface area contributed by atoms with E-state index in [9.17, 15) is 4.79 Å². The Kier molecular flexibility index (Phi) is 3.15. The standard InChI is InChI=1S/C15H15N5OS/c16-15-11(8-22-14-4-13(21)20(14)15)6-19-7-12(18-9-19)10-2-1-3-17-5-10/h1-3,5,7,9,14H,4,6,8,16H2. The summed E-state index contributed by atoms with van der Waals surface area (Å²) in [6.07, 6.45) is 7.91. The molecule has 2 N–H and O–H groups in total. The van der Waals surface area contributed by atoms with Crippen LogP contribution in [0.5, 0.6) is 0 Å². The Bertz CT molecular complexity index is 754. The van der Waals surface area contributed by atoms with Crippen LogP contribution in [0.4, 0.5) is 0 Å². The van der Waals surface area contributed by atoms with Crippen LogP contribution in [-0.4, -0.2) is 36.5 Å². The van der Waals surface area contributed by atoms with Crippen LogP contribution in [0.25, 0.3) is 11.3 Å². The topological polar surface area (TPSA) is 77.0 Å². The van der Waals surface area contributed by atoms with E-state index in [1.165, 1.54) is 0 Å². The number of nitrogens with zero attached hydrogens (tertiary/aromatic N) is 4. The number of pyridine rings is 1. The molecule has 1 atom stereocenters. The van der Waals surface area contributed by atoms with E-state index in [1.54, 1.807) is 35.4 Å². The number of imidazole rings is 1.